The van der Waals surface area contributed by atoms with Crippen molar-refractivity contribution < 1.29 is 14.3 Å². The number of anilines is 1. The third-order valence-corrected chi connectivity index (χ3v) is 3.10. The largest absolute Gasteiger partial charge is 0.382 e. The summed E-state index contributed by atoms with van der Waals surface area (Å²) in [5.74, 6) is -0.157. The van der Waals surface area contributed by atoms with Crippen LogP contribution in [0.2, 0.25) is 5.02 Å². The number of nitrogens with zero attached hydrogens (tertiary/aromatic N) is 1. The minimum Gasteiger partial charge on any atom is -0.382 e. The summed E-state index contributed by atoms with van der Waals surface area (Å²) in [7, 11) is 3.25. The number of likely N-dealkylation sites (N-methyl/N-ethyl adjacent to an activating group) is 1. The second-order valence-corrected chi connectivity index (χ2v) is 4.92. The third-order valence-electron chi connectivity index (χ3n) is 2.30. The molecule has 0 saturated carbocycles. The van der Waals surface area contributed by atoms with Crippen molar-refractivity contribution in [2.45, 2.75) is 0 Å². The number of hydrogen-bond acceptors (Lipinski definition) is 3. The van der Waals surface area contributed by atoms with Crippen LogP contribution >= 0.6 is 27.5 Å². The van der Waals surface area contributed by atoms with Crippen molar-refractivity contribution in [1.29, 1.82) is 0 Å². The van der Waals surface area contributed by atoms with Gasteiger partial charge in [0.1, 0.15) is 6.61 Å². The lowest BCUT2D eigenvalue weighted by molar-refractivity contribution is -0.123. The fourth-order valence-electron chi connectivity index (χ4n) is 1.29. The van der Waals surface area contributed by atoms with E-state index in [0.29, 0.717) is 23.9 Å². The Morgan fingerprint density at radius 2 is 2.17 bits per heavy atom. The van der Waals surface area contributed by atoms with Crippen LogP contribution in [0.25, 0.3) is 0 Å². The van der Waals surface area contributed by atoms with Crippen molar-refractivity contribution in [3.63, 3.8) is 0 Å². The number of methoxy groups -OCH3 is 1. The first-order valence-corrected chi connectivity index (χ1v) is 6.51. The van der Waals surface area contributed by atoms with Gasteiger partial charge in [0.25, 0.3) is 5.91 Å². The van der Waals surface area contributed by atoms with Crippen LogP contribution in [0.5, 0.6) is 0 Å². The van der Waals surface area contributed by atoms with E-state index < -0.39 is 0 Å². The van der Waals surface area contributed by atoms with Gasteiger partial charge in [-0.1, -0.05) is 27.5 Å². The number of amides is 1. The average molecular weight is 337 g/mol. The molecule has 0 aliphatic carbocycles. The maximum absolute atomic E-state index is 11.8. The Bertz CT molecular complexity index is 414. The maximum Gasteiger partial charge on any atom is 0.252 e. The molecule has 0 spiro atoms. The van der Waals surface area contributed by atoms with Crippen LogP contribution in [0.3, 0.4) is 0 Å². The average Bonchev–Trinajstić information content (AvgIpc) is 2.33. The van der Waals surface area contributed by atoms with Crippen molar-refractivity contribution in [2.75, 3.05) is 38.9 Å². The molecule has 100 valence electrons. The summed E-state index contributed by atoms with van der Waals surface area (Å²) < 4.78 is 10.9. The van der Waals surface area contributed by atoms with Gasteiger partial charge in [0, 0.05) is 18.6 Å². The first-order valence-electron chi connectivity index (χ1n) is 5.34. The molecule has 0 aliphatic heterocycles. The summed E-state index contributed by atoms with van der Waals surface area (Å²) in [4.78, 5) is 13.3. The first kappa shape index (κ1) is 15.4. The molecule has 0 bridgehead atoms. The smallest absolute Gasteiger partial charge is 0.252 e. The lowest BCUT2D eigenvalue weighted by Crippen LogP contribution is -2.30. The maximum atomic E-state index is 11.8. The highest BCUT2D eigenvalue weighted by Gasteiger charge is 2.14. The predicted octanol–water partition coefficient (Wildman–Crippen LogP) is 2.73. The van der Waals surface area contributed by atoms with E-state index in [4.69, 9.17) is 21.1 Å². The highest BCUT2D eigenvalue weighted by Crippen LogP contribution is 2.28. The van der Waals surface area contributed by atoms with Crippen LogP contribution in [0.4, 0.5) is 5.69 Å². The first-order chi connectivity index (χ1) is 8.56. The Balaban J connectivity index is 2.57. The molecule has 0 heterocycles. The molecule has 0 radical (unpaired) electrons. The van der Waals surface area contributed by atoms with Crippen molar-refractivity contribution in [3.8, 4) is 0 Å². The standard InChI is InChI=1S/C12H15BrClNO3/c1-15(12(16)8-18-6-5-17-2)11-4-3-9(13)7-10(11)14/h3-4,7H,5-6,8H2,1-2H3. The normalized spacial score (nSPS) is 10.4. The molecule has 18 heavy (non-hydrogen) atoms. The summed E-state index contributed by atoms with van der Waals surface area (Å²) in [5, 5.41) is 0.511. The highest BCUT2D eigenvalue weighted by molar-refractivity contribution is 9.10. The van der Waals surface area contributed by atoms with E-state index in [1.165, 1.54) is 4.90 Å². The summed E-state index contributed by atoms with van der Waals surface area (Å²) in [6.07, 6.45) is 0. The van der Waals surface area contributed by atoms with Gasteiger partial charge in [-0.15, -0.1) is 0 Å². The Morgan fingerprint density at radius 3 is 2.78 bits per heavy atom. The van der Waals surface area contributed by atoms with Crippen LogP contribution < -0.4 is 4.90 Å². The van der Waals surface area contributed by atoms with Crippen LogP contribution in [0.1, 0.15) is 0 Å². The Kier molecular flexibility index (Phi) is 6.63. The minimum absolute atomic E-state index is 0.00620. The quantitative estimate of drug-likeness (QED) is 0.750. The Labute approximate surface area is 120 Å². The van der Waals surface area contributed by atoms with Gasteiger partial charge in [-0.05, 0) is 18.2 Å². The number of ether oxygens (including phenoxy) is 2. The Hall–Kier alpha value is -0.620. The molecular formula is C12H15BrClNO3. The van der Waals surface area contributed by atoms with Gasteiger partial charge < -0.3 is 14.4 Å². The lowest BCUT2D eigenvalue weighted by Gasteiger charge is -2.18. The van der Waals surface area contributed by atoms with Crippen LogP contribution in [-0.2, 0) is 14.3 Å². The lowest BCUT2D eigenvalue weighted by atomic mass is 10.3. The molecule has 0 unspecified atom stereocenters. The van der Waals surface area contributed by atoms with E-state index in [2.05, 4.69) is 15.9 Å². The molecule has 0 aliphatic rings. The molecule has 1 amide bonds. The second kappa shape index (κ2) is 7.74. The Morgan fingerprint density at radius 1 is 1.44 bits per heavy atom. The third kappa shape index (κ3) is 4.57. The fraction of sp³-hybridized carbons (Fsp3) is 0.417. The van der Waals surface area contributed by atoms with E-state index in [1.807, 2.05) is 6.07 Å². The molecule has 4 nitrogen and oxygen atoms in total. The molecule has 0 saturated heterocycles. The van der Waals surface area contributed by atoms with Crippen molar-refractivity contribution in [3.05, 3.63) is 27.7 Å². The van der Waals surface area contributed by atoms with Gasteiger partial charge in [0.15, 0.2) is 0 Å². The van der Waals surface area contributed by atoms with Crippen LogP contribution in [0, 0.1) is 0 Å². The zero-order valence-corrected chi connectivity index (χ0v) is 12.6. The van der Waals surface area contributed by atoms with E-state index >= 15 is 0 Å². The zero-order valence-electron chi connectivity index (χ0n) is 10.3. The molecule has 0 N–H and O–H groups in total. The van der Waals surface area contributed by atoms with Gasteiger partial charge in [-0.3, -0.25) is 4.79 Å². The van der Waals surface area contributed by atoms with E-state index in [9.17, 15) is 4.79 Å². The predicted molar refractivity (Wildman–Crippen MR) is 75.3 cm³/mol. The minimum atomic E-state index is -0.157. The van der Waals surface area contributed by atoms with Crippen LogP contribution in [0.15, 0.2) is 22.7 Å². The molecule has 0 fully saturated rings. The second-order valence-electron chi connectivity index (χ2n) is 3.59. The highest BCUT2D eigenvalue weighted by atomic mass is 79.9. The summed E-state index contributed by atoms with van der Waals surface area (Å²) in [6, 6.07) is 5.35. The van der Waals surface area contributed by atoms with Crippen LogP contribution in [-0.4, -0.2) is 39.9 Å². The van der Waals surface area contributed by atoms with Crippen molar-refractivity contribution in [2.24, 2.45) is 0 Å². The number of benzene rings is 1. The molecule has 1 aromatic carbocycles. The molecular weight excluding hydrogens is 321 g/mol. The number of hydrogen-bond donors (Lipinski definition) is 0. The summed E-state index contributed by atoms with van der Waals surface area (Å²) >= 11 is 9.38. The van der Waals surface area contributed by atoms with Gasteiger partial charge in [-0.25, -0.2) is 0 Å². The van der Waals surface area contributed by atoms with Gasteiger partial charge in [0.2, 0.25) is 0 Å². The fourth-order valence-corrected chi connectivity index (χ4v) is 2.09. The molecule has 0 atom stereocenters. The van der Waals surface area contributed by atoms with E-state index in [-0.39, 0.29) is 12.5 Å². The van der Waals surface area contributed by atoms with E-state index in [0.717, 1.165) is 4.47 Å². The summed E-state index contributed by atoms with van der Waals surface area (Å²) in [6.45, 7) is 0.867. The molecule has 0 aromatic heterocycles. The molecule has 6 heteroatoms. The number of halogens is 2. The zero-order chi connectivity index (χ0) is 13.5. The number of carbonyl (C=O) groups is 1. The topological polar surface area (TPSA) is 38.8 Å². The van der Waals surface area contributed by atoms with Crippen molar-refractivity contribution in [1.82, 2.24) is 0 Å². The number of carbonyl (C=O) groups excluding carboxylic acids is 1. The monoisotopic (exact) mass is 335 g/mol. The van der Waals surface area contributed by atoms with Gasteiger partial charge in [0.05, 0.1) is 23.9 Å². The number of rotatable bonds is 6. The summed E-state index contributed by atoms with van der Waals surface area (Å²) in [5.41, 5.74) is 0.653. The molecule has 1 rings (SSSR count). The molecule has 1 aromatic rings. The van der Waals surface area contributed by atoms with E-state index in [1.54, 1.807) is 26.3 Å². The van der Waals surface area contributed by atoms with Gasteiger partial charge in [-0.2, -0.15) is 0 Å². The van der Waals surface area contributed by atoms with Gasteiger partial charge >= 0.3 is 0 Å². The SMILES string of the molecule is COCCOCC(=O)N(C)c1ccc(Br)cc1Cl. The van der Waals surface area contributed by atoms with Crippen molar-refractivity contribution >= 4 is 39.1 Å².